The van der Waals surface area contributed by atoms with Crippen molar-refractivity contribution in [3.8, 4) is 22.6 Å². The highest BCUT2D eigenvalue weighted by molar-refractivity contribution is 5.92. The molecule has 0 N–H and O–H groups in total. The lowest BCUT2D eigenvalue weighted by molar-refractivity contribution is -0.146. The van der Waals surface area contributed by atoms with Gasteiger partial charge in [0.05, 0.1) is 17.7 Å². The molecular weight excluding hydrogens is 484 g/mol. The third-order valence-electron chi connectivity index (χ3n) is 5.93. The molecule has 0 saturated carbocycles. The lowest BCUT2D eigenvalue weighted by Crippen LogP contribution is -2.26. The SMILES string of the molecule is CCCO[C@@H](C)C(=O)Oc1ccc(-c2ccc(C(=O)Oc3ccc(C(=O)OC[C@@H](C)CC)cc3)cc2)cc1. The third kappa shape index (κ3) is 8.28. The smallest absolute Gasteiger partial charge is 0.343 e. The highest BCUT2D eigenvalue weighted by Crippen LogP contribution is 2.24. The summed E-state index contributed by atoms with van der Waals surface area (Å²) in [4.78, 5) is 36.8. The van der Waals surface area contributed by atoms with Crippen LogP contribution in [0.5, 0.6) is 11.5 Å². The average Bonchev–Trinajstić information content (AvgIpc) is 2.95. The van der Waals surface area contributed by atoms with Gasteiger partial charge in [0, 0.05) is 6.61 Å². The predicted molar refractivity (Wildman–Crippen MR) is 144 cm³/mol. The number of hydrogen-bond donors (Lipinski definition) is 0. The number of hydrogen-bond acceptors (Lipinski definition) is 7. The Morgan fingerprint density at radius 2 is 1.18 bits per heavy atom. The van der Waals surface area contributed by atoms with Crippen LogP contribution >= 0.6 is 0 Å². The summed E-state index contributed by atoms with van der Waals surface area (Å²) in [6, 6.07) is 20.4. The molecule has 0 unspecified atom stereocenters. The van der Waals surface area contributed by atoms with E-state index in [1.54, 1.807) is 55.5 Å². The molecule has 3 aromatic carbocycles. The van der Waals surface area contributed by atoms with Gasteiger partial charge < -0.3 is 18.9 Å². The van der Waals surface area contributed by atoms with Crippen molar-refractivity contribution in [3.05, 3.63) is 83.9 Å². The van der Waals surface area contributed by atoms with Crippen molar-refractivity contribution < 1.29 is 33.3 Å². The number of benzene rings is 3. The van der Waals surface area contributed by atoms with Crippen LogP contribution in [0.2, 0.25) is 0 Å². The van der Waals surface area contributed by atoms with E-state index in [2.05, 4.69) is 0 Å². The minimum absolute atomic E-state index is 0.300. The molecule has 0 heterocycles. The Bertz CT molecular complexity index is 1200. The molecule has 2 atom stereocenters. The largest absolute Gasteiger partial charge is 0.462 e. The first kappa shape index (κ1) is 28.6. The monoisotopic (exact) mass is 518 g/mol. The number of esters is 3. The highest BCUT2D eigenvalue weighted by Gasteiger charge is 2.16. The molecule has 7 nitrogen and oxygen atoms in total. The van der Waals surface area contributed by atoms with Crippen LogP contribution < -0.4 is 9.47 Å². The summed E-state index contributed by atoms with van der Waals surface area (Å²) in [5.41, 5.74) is 2.57. The molecule has 0 saturated heterocycles. The molecule has 38 heavy (non-hydrogen) atoms. The van der Waals surface area contributed by atoms with Crippen molar-refractivity contribution in [2.75, 3.05) is 13.2 Å². The molecule has 0 spiro atoms. The lowest BCUT2D eigenvalue weighted by atomic mass is 10.0. The Kier molecular flexibility index (Phi) is 10.6. The third-order valence-corrected chi connectivity index (χ3v) is 5.93. The van der Waals surface area contributed by atoms with Crippen LogP contribution in [0, 0.1) is 5.92 Å². The first-order chi connectivity index (χ1) is 18.3. The fourth-order valence-electron chi connectivity index (χ4n) is 3.32. The van der Waals surface area contributed by atoms with Gasteiger partial charge in [0.2, 0.25) is 0 Å². The van der Waals surface area contributed by atoms with Crippen LogP contribution in [0.1, 0.15) is 61.3 Å². The average molecular weight is 519 g/mol. The van der Waals surface area contributed by atoms with Gasteiger partial charge in [0.1, 0.15) is 11.5 Å². The molecule has 0 amide bonds. The predicted octanol–water partition coefficient (Wildman–Crippen LogP) is 6.50. The summed E-state index contributed by atoms with van der Waals surface area (Å²) < 4.78 is 21.5. The van der Waals surface area contributed by atoms with Crippen LogP contribution in [0.3, 0.4) is 0 Å². The minimum atomic E-state index is -0.629. The second-order valence-electron chi connectivity index (χ2n) is 9.06. The molecule has 0 radical (unpaired) electrons. The van der Waals surface area contributed by atoms with Crippen LogP contribution in [-0.4, -0.2) is 37.2 Å². The van der Waals surface area contributed by atoms with Gasteiger partial charge in [-0.15, -0.1) is 0 Å². The van der Waals surface area contributed by atoms with Crippen molar-refractivity contribution in [1.82, 2.24) is 0 Å². The molecule has 0 aliphatic rings. The van der Waals surface area contributed by atoms with Crippen LogP contribution in [0.25, 0.3) is 11.1 Å². The van der Waals surface area contributed by atoms with Gasteiger partial charge >= 0.3 is 17.9 Å². The molecular formula is C31H34O7. The van der Waals surface area contributed by atoms with E-state index in [0.717, 1.165) is 24.0 Å². The molecule has 0 fully saturated rings. The van der Waals surface area contributed by atoms with Crippen molar-refractivity contribution in [1.29, 1.82) is 0 Å². The van der Waals surface area contributed by atoms with Crippen LogP contribution in [0.15, 0.2) is 72.8 Å². The summed E-state index contributed by atoms with van der Waals surface area (Å²) in [6.45, 7) is 8.57. The molecule has 0 aliphatic heterocycles. The Balaban J connectivity index is 1.55. The molecule has 7 heteroatoms. The maximum absolute atomic E-state index is 12.6. The zero-order valence-electron chi connectivity index (χ0n) is 22.3. The minimum Gasteiger partial charge on any atom is -0.462 e. The zero-order valence-corrected chi connectivity index (χ0v) is 22.3. The van der Waals surface area contributed by atoms with Crippen LogP contribution in [-0.2, 0) is 14.3 Å². The topological polar surface area (TPSA) is 88.1 Å². The molecule has 200 valence electrons. The van der Waals surface area contributed by atoms with E-state index in [4.69, 9.17) is 18.9 Å². The van der Waals surface area contributed by atoms with E-state index >= 15 is 0 Å². The van der Waals surface area contributed by atoms with E-state index in [0.29, 0.717) is 41.8 Å². The number of carbonyl (C=O) groups is 3. The highest BCUT2D eigenvalue weighted by atomic mass is 16.6. The Morgan fingerprint density at radius 3 is 1.76 bits per heavy atom. The quantitative estimate of drug-likeness (QED) is 0.200. The summed E-state index contributed by atoms with van der Waals surface area (Å²) in [5, 5.41) is 0. The van der Waals surface area contributed by atoms with E-state index < -0.39 is 24.0 Å². The van der Waals surface area contributed by atoms with Gasteiger partial charge in [-0.05, 0) is 78.9 Å². The summed E-state index contributed by atoms with van der Waals surface area (Å²) >= 11 is 0. The maximum Gasteiger partial charge on any atom is 0.343 e. The number of rotatable bonds is 12. The van der Waals surface area contributed by atoms with Crippen molar-refractivity contribution in [3.63, 3.8) is 0 Å². The standard InChI is InChI=1S/C31H34O7/c1-5-19-35-22(4)29(32)37-27-15-11-24(12-16-27)23-7-9-26(10-8-23)31(34)38-28-17-13-25(14-18-28)30(33)36-20-21(3)6-2/h7-18,21-22H,5-6,19-20H2,1-4H3/t21-,22-/m0/s1. The van der Waals surface area contributed by atoms with Gasteiger partial charge in [-0.3, -0.25) is 0 Å². The fraction of sp³-hybridized carbons (Fsp3) is 0.323. The van der Waals surface area contributed by atoms with E-state index in [1.165, 1.54) is 0 Å². The first-order valence-electron chi connectivity index (χ1n) is 12.8. The second kappa shape index (κ2) is 14.1. The second-order valence-corrected chi connectivity index (χ2v) is 9.06. The molecule has 0 aromatic heterocycles. The zero-order chi connectivity index (χ0) is 27.5. The van der Waals surface area contributed by atoms with Crippen LogP contribution in [0.4, 0.5) is 0 Å². The molecule has 0 bridgehead atoms. The number of carbonyl (C=O) groups excluding carboxylic acids is 3. The van der Waals surface area contributed by atoms with Gasteiger partial charge in [0.25, 0.3) is 0 Å². The molecule has 3 rings (SSSR count). The van der Waals surface area contributed by atoms with Crippen molar-refractivity contribution >= 4 is 17.9 Å². The molecule has 0 aliphatic carbocycles. The van der Waals surface area contributed by atoms with Crippen molar-refractivity contribution in [2.24, 2.45) is 5.92 Å². The first-order valence-corrected chi connectivity index (χ1v) is 12.8. The van der Waals surface area contributed by atoms with Gasteiger partial charge in [-0.2, -0.15) is 0 Å². The van der Waals surface area contributed by atoms with E-state index in [9.17, 15) is 14.4 Å². The van der Waals surface area contributed by atoms with Gasteiger partial charge in [-0.1, -0.05) is 51.5 Å². The summed E-state index contributed by atoms with van der Waals surface area (Å²) in [6.07, 6.45) is 1.13. The van der Waals surface area contributed by atoms with Crippen molar-refractivity contribution in [2.45, 2.75) is 46.6 Å². The number of ether oxygens (including phenoxy) is 4. The Hall–Kier alpha value is -3.97. The molecule has 3 aromatic rings. The maximum atomic E-state index is 12.6. The lowest BCUT2D eigenvalue weighted by Gasteiger charge is -2.12. The Morgan fingerprint density at radius 1 is 0.684 bits per heavy atom. The van der Waals surface area contributed by atoms with Gasteiger partial charge in [0.15, 0.2) is 6.10 Å². The normalized spacial score (nSPS) is 12.3. The van der Waals surface area contributed by atoms with E-state index in [-0.39, 0.29) is 0 Å². The van der Waals surface area contributed by atoms with Gasteiger partial charge in [-0.25, -0.2) is 14.4 Å². The summed E-state index contributed by atoms with van der Waals surface area (Å²) in [7, 11) is 0. The Labute approximate surface area is 223 Å². The summed E-state index contributed by atoms with van der Waals surface area (Å²) in [5.74, 6) is -0.289. The fourth-order valence-corrected chi connectivity index (χ4v) is 3.32. The van der Waals surface area contributed by atoms with E-state index in [1.807, 2.05) is 45.0 Å².